The number of benzene rings is 2. The van der Waals surface area contributed by atoms with E-state index in [0.29, 0.717) is 5.82 Å². The Labute approximate surface area is 294 Å². The summed E-state index contributed by atoms with van der Waals surface area (Å²) >= 11 is 0. The number of hydrogen-bond donors (Lipinski definition) is 4. The standard InChI is InChI=1S/C36H43F2N7O6/c1-22(34(50)40-15-17-44-29(47)12-13-30(44)48)41-35(51)27(39)14-16-45(31(49)21-46)32(36(2,3)4)33-42-28(25-18-24(37)10-11-26(25)38)20-43(33)19-23-8-6-5-7-9-23/h5-13,18,20,22,27,32,46H,14-17,19,21,39H2,1-4H3,(H,40,50)(H,41,51)/t22-,27+,32+/m1/s1. The molecule has 13 nitrogen and oxygen atoms in total. The molecule has 0 aliphatic carbocycles. The van der Waals surface area contributed by atoms with Gasteiger partial charge in [0.05, 0.1) is 17.8 Å². The van der Waals surface area contributed by atoms with Crippen LogP contribution < -0.4 is 16.4 Å². The Balaban J connectivity index is 1.53. The smallest absolute Gasteiger partial charge is 0.253 e. The highest BCUT2D eigenvalue weighted by molar-refractivity contribution is 6.12. The van der Waals surface area contributed by atoms with Gasteiger partial charge in [-0.15, -0.1) is 0 Å². The van der Waals surface area contributed by atoms with Gasteiger partial charge in [-0.05, 0) is 42.5 Å². The van der Waals surface area contributed by atoms with Crippen molar-refractivity contribution in [2.45, 2.75) is 58.8 Å². The number of nitrogens with zero attached hydrogens (tertiary/aromatic N) is 4. The Morgan fingerprint density at radius 2 is 1.69 bits per heavy atom. The topological polar surface area (TPSA) is 180 Å². The monoisotopic (exact) mass is 707 g/mol. The van der Waals surface area contributed by atoms with Crippen molar-refractivity contribution in [2.75, 3.05) is 26.2 Å². The predicted molar refractivity (Wildman–Crippen MR) is 183 cm³/mol. The first kappa shape index (κ1) is 38.5. The van der Waals surface area contributed by atoms with Crippen LogP contribution in [0.3, 0.4) is 0 Å². The summed E-state index contributed by atoms with van der Waals surface area (Å²) < 4.78 is 31.0. The molecule has 15 heteroatoms. The summed E-state index contributed by atoms with van der Waals surface area (Å²) in [4.78, 5) is 69.5. The molecule has 4 rings (SSSR count). The van der Waals surface area contributed by atoms with Gasteiger partial charge in [0.1, 0.15) is 30.1 Å². The van der Waals surface area contributed by atoms with Crippen LogP contribution in [0.1, 0.15) is 51.5 Å². The highest BCUT2D eigenvalue weighted by Gasteiger charge is 2.39. The predicted octanol–water partition coefficient (Wildman–Crippen LogP) is 2.05. The van der Waals surface area contributed by atoms with E-state index in [4.69, 9.17) is 10.7 Å². The Morgan fingerprint density at radius 3 is 2.31 bits per heavy atom. The molecule has 3 atom stereocenters. The molecule has 0 bridgehead atoms. The Bertz CT molecular complexity index is 1770. The third kappa shape index (κ3) is 9.70. The van der Waals surface area contributed by atoms with Crippen molar-refractivity contribution >= 4 is 29.5 Å². The van der Waals surface area contributed by atoms with E-state index in [1.165, 1.54) is 11.8 Å². The third-order valence-electron chi connectivity index (χ3n) is 8.34. The van der Waals surface area contributed by atoms with Crippen LogP contribution in [-0.4, -0.2) is 92.3 Å². The number of aliphatic hydroxyl groups excluding tert-OH is 1. The fourth-order valence-corrected chi connectivity index (χ4v) is 5.75. The van der Waals surface area contributed by atoms with Gasteiger partial charge in [0.25, 0.3) is 11.8 Å². The Hall–Kier alpha value is -5.28. The quantitative estimate of drug-likeness (QED) is 0.173. The van der Waals surface area contributed by atoms with Gasteiger partial charge in [0.15, 0.2) is 0 Å². The minimum atomic E-state index is -1.18. The van der Waals surface area contributed by atoms with Crippen molar-refractivity contribution in [3.05, 3.63) is 89.9 Å². The van der Waals surface area contributed by atoms with Crippen molar-refractivity contribution in [1.82, 2.24) is 30.0 Å². The molecule has 5 N–H and O–H groups in total. The molecule has 5 amide bonds. The number of nitrogens with two attached hydrogens (primary N) is 1. The molecule has 0 unspecified atom stereocenters. The van der Waals surface area contributed by atoms with Gasteiger partial charge in [0, 0.05) is 50.1 Å². The van der Waals surface area contributed by atoms with Gasteiger partial charge in [-0.3, -0.25) is 28.9 Å². The van der Waals surface area contributed by atoms with E-state index in [-0.39, 0.29) is 43.9 Å². The van der Waals surface area contributed by atoms with E-state index in [1.807, 2.05) is 51.1 Å². The molecule has 1 aliphatic heterocycles. The lowest BCUT2D eigenvalue weighted by atomic mass is 9.84. The van der Waals surface area contributed by atoms with Crippen molar-refractivity contribution in [3.8, 4) is 11.3 Å². The Morgan fingerprint density at radius 1 is 1.02 bits per heavy atom. The van der Waals surface area contributed by atoms with Gasteiger partial charge in [-0.25, -0.2) is 13.8 Å². The minimum Gasteiger partial charge on any atom is -0.387 e. The number of imide groups is 1. The normalized spacial score (nSPS) is 14.7. The molecule has 0 radical (unpaired) electrons. The largest absolute Gasteiger partial charge is 0.387 e. The number of nitrogens with one attached hydrogen (secondary N) is 2. The highest BCUT2D eigenvalue weighted by Crippen LogP contribution is 2.39. The molecule has 1 aromatic heterocycles. The van der Waals surface area contributed by atoms with E-state index in [9.17, 15) is 37.9 Å². The average molecular weight is 708 g/mol. The summed E-state index contributed by atoms with van der Waals surface area (Å²) in [6, 6.07) is 9.38. The molecule has 0 spiro atoms. The molecule has 3 aromatic rings. The van der Waals surface area contributed by atoms with E-state index in [1.54, 1.807) is 10.8 Å². The number of aromatic nitrogens is 2. The lowest BCUT2D eigenvalue weighted by Crippen LogP contribution is -2.52. The zero-order valence-corrected chi connectivity index (χ0v) is 28.9. The van der Waals surface area contributed by atoms with Crippen LogP contribution in [0, 0.1) is 17.0 Å². The van der Waals surface area contributed by atoms with E-state index in [2.05, 4.69) is 10.6 Å². The van der Waals surface area contributed by atoms with E-state index in [0.717, 1.165) is 40.8 Å². The van der Waals surface area contributed by atoms with Gasteiger partial charge in [0.2, 0.25) is 17.7 Å². The maximum absolute atomic E-state index is 15.0. The lowest BCUT2D eigenvalue weighted by Gasteiger charge is -2.40. The third-order valence-corrected chi connectivity index (χ3v) is 8.34. The van der Waals surface area contributed by atoms with Crippen molar-refractivity contribution in [2.24, 2.45) is 11.1 Å². The molecule has 272 valence electrons. The van der Waals surface area contributed by atoms with Crippen LogP contribution in [0.25, 0.3) is 11.3 Å². The maximum Gasteiger partial charge on any atom is 0.253 e. The van der Waals surface area contributed by atoms with Crippen LogP contribution >= 0.6 is 0 Å². The zero-order chi connectivity index (χ0) is 37.5. The summed E-state index contributed by atoms with van der Waals surface area (Å²) in [5.41, 5.74) is 6.45. The molecule has 2 heterocycles. The number of aliphatic hydroxyl groups is 1. The SMILES string of the molecule is C[C@@H](NC(=O)[C@@H](N)CCN(C(=O)CO)[C@@H](c1nc(-c2cc(F)ccc2F)cn1Cc1ccccc1)C(C)(C)C)C(=O)NCCN1C(=O)C=CC1=O. The Kier molecular flexibility index (Phi) is 12.6. The average Bonchev–Trinajstić information content (AvgIpc) is 3.64. The highest BCUT2D eigenvalue weighted by atomic mass is 19.1. The number of carbonyl (C=O) groups excluding carboxylic acids is 5. The van der Waals surface area contributed by atoms with Crippen LogP contribution in [0.15, 0.2) is 66.9 Å². The number of rotatable bonds is 15. The first-order valence-electron chi connectivity index (χ1n) is 16.4. The van der Waals surface area contributed by atoms with Crippen LogP contribution in [0.2, 0.25) is 0 Å². The summed E-state index contributed by atoms with van der Waals surface area (Å²) in [7, 11) is 0. The summed E-state index contributed by atoms with van der Waals surface area (Å²) in [5, 5.41) is 15.1. The summed E-state index contributed by atoms with van der Waals surface area (Å²) in [6.45, 7) is 6.26. The van der Waals surface area contributed by atoms with Gasteiger partial charge in [-0.2, -0.15) is 0 Å². The minimum absolute atomic E-state index is 0.0235. The number of halogens is 2. The van der Waals surface area contributed by atoms with E-state index >= 15 is 0 Å². The summed E-state index contributed by atoms with van der Waals surface area (Å²) in [6.07, 6.45) is 3.79. The van der Waals surface area contributed by atoms with Gasteiger partial charge in [-0.1, -0.05) is 51.1 Å². The molecule has 0 saturated carbocycles. The second-order valence-corrected chi connectivity index (χ2v) is 13.3. The van der Waals surface area contributed by atoms with Crippen LogP contribution in [0.4, 0.5) is 8.78 Å². The second kappa shape index (κ2) is 16.6. The molecule has 0 fully saturated rings. The molecule has 1 aliphatic rings. The molecule has 0 saturated heterocycles. The number of imidazole rings is 1. The maximum atomic E-state index is 15.0. The fraction of sp³-hybridized carbons (Fsp3) is 0.389. The lowest BCUT2D eigenvalue weighted by molar-refractivity contribution is -0.140. The molecule has 51 heavy (non-hydrogen) atoms. The zero-order valence-electron chi connectivity index (χ0n) is 28.9. The second-order valence-electron chi connectivity index (χ2n) is 13.3. The molecule has 2 aromatic carbocycles. The molecular weight excluding hydrogens is 664 g/mol. The van der Waals surface area contributed by atoms with Crippen LogP contribution in [-0.2, 0) is 30.5 Å². The van der Waals surface area contributed by atoms with Gasteiger partial charge < -0.3 is 30.9 Å². The first-order chi connectivity index (χ1) is 24.1. The van der Waals surface area contributed by atoms with Crippen LogP contribution in [0.5, 0.6) is 0 Å². The number of hydrogen-bond acceptors (Lipinski definition) is 8. The van der Waals surface area contributed by atoms with Crippen molar-refractivity contribution in [3.63, 3.8) is 0 Å². The number of carbonyl (C=O) groups is 5. The molecular formula is C36H43F2N7O6. The fourth-order valence-electron chi connectivity index (χ4n) is 5.75. The van der Waals surface area contributed by atoms with Gasteiger partial charge >= 0.3 is 0 Å². The first-order valence-corrected chi connectivity index (χ1v) is 16.4. The van der Waals surface area contributed by atoms with E-state index < -0.39 is 71.3 Å². The van der Waals surface area contributed by atoms with Crippen molar-refractivity contribution < 1.29 is 37.9 Å². The number of amides is 5. The summed E-state index contributed by atoms with van der Waals surface area (Å²) in [5.74, 6) is -3.88. The van der Waals surface area contributed by atoms with Crippen molar-refractivity contribution in [1.29, 1.82) is 0 Å².